The molecule has 2 rings (SSSR count). The number of amides is 1. The Balaban J connectivity index is 1.60. The molecule has 1 aliphatic rings. The summed E-state index contributed by atoms with van der Waals surface area (Å²) in [6.07, 6.45) is 7.65. The van der Waals surface area contributed by atoms with Gasteiger partial charge in [-0.25, -0.2) is 0 Å². The lowest BCUT2D eigenvalue weighted by Crippen LogP contribution is -2.34. The second kappa shape index (κ2) is 8.46. The van der Waals surface area contributed by atoms with Gasteiger partial charge in [0.2, 0.25) is 5.91 Å². The molecule has 0 bridgehead atoms. The van der Waals surface area contributed by atoms with Gasteiger partial charge in [-0.15, -0.1) is 0 Å². The largest absolute Gasteiger partial charge is 0.356 e. The van der Waals surface area contributed by atoms with Gasteiger partial charge >= 0.3 is 0 Å². The smallest absolute Gasteiger partial charge is 0.220 e. The van der Waals surface area contributed by atoms with Crippen LogP contribution in [0.2, 0.25) is 0 Å². The number of aryl methyl sites for hydroxylation is 1. The van der Waals surface area contributed by atoms with Gasteiger partial charge in [-0.2, -0.15) is 0 Å². The first-order valence-electron chi connectivity index (χ1n) is 7.70. The van der Waals surface area contributed by atoms with Crippen LogP contribution in [0.25, 0.3) is 0 Å². The zero-order valence-electron chi connectivity index (χ0n) is 12.0. The lowest BCUT2D eigenvalue weighted by atomic mass is 9.89. The molecule has 0 spiro atoms. The molecule has 0 heterocycles. The molecule has 2 unspecified atom stereocenters. The van der Waals surface area contributed by atoms with Crippen LogP contribution >= 0.6 is 15.9 Å². The second-order valence-electron chi connectivity index (χ2n) is 5.70. The first-order chi connectivity index (χ1) is 9.75. The third-order valence-corrected chi connectivity index (χ3v) is 5.30. The highest BCUT2D eigenvalue weighted by atomic mass is 79.9. The van der Waals surface area contributed by atoms with Crippen molar-refractivity contribution in [1.29, 1.82) is 0 Å². The summed E-state index contributed by atoms with van der Waals surface area (Å²) >= 11 is 3.74. The number of benzene rings is 1. The average Bonchev–Trinajstić information content (AvgIpc) is 2.47. The van der Waals surface area contributed by atoms with Crippen LogP contribution < -0.4 is 5.32 Å². The van der Waals surface area contributed by atoms with Crippen molar-refractivity contribution in [3.05, 3.63) is 35.9 Å². The van der Waals surface area contributed by atoms with E-state index in [2.05, 4.69) is 45.5 Å². The van der Waals surface area contributed by atoms with Crippen molar-refractivity contribution in [3.8, 4) is 0 Å². The quantitative estimate of drug-likeness (QED) is 0.778. The fraction of sp³-hybridized carbons (Fsp3) is 0.588. The highest BCUT2D eigenvalue weighted by Crippen LogP contribution is 2.29. The van der Waals surface area contributed by atoms with Crippen molar-refractivity contribution < 1.29 is 4.79 Å². The molecule has 1 N–H and O–H groups in total. The summed E-state index contributed by atoms with van der Waals surface area (Å²) in [5.41, 5.74) is 1.31. The first kappa shape index (κ1) is 15.6. The van der Waals surface area contributed by atoms with Crippen LogP contribution in [-0.4, -0.2) is 17.3 Å². The number of halogens is 1. The molecule has 0 radical (unpaired) electrons. The molecule has 110 valence electrons. The van der Waals surface area contributed by atoms with Gasteiger partial charge in [0.05, 0.1) is 0 Å². The van der Waals surface area contributed by atoms with E-state index in [1.165, 1.54) is 31.2 Å². The van der Waals surface area contributed by atoms with Crippen LogP contribution in [0.3, 0.4) is 0 Å². The molecular weight excluding hydrogens is 314 g/mol. The summed E-state index contributed by atoms with van der Waals surface area (Å²) in [7, 11) is 0. The molecule has 20 heavy (non-hydrogen) atoms. The fourth-order valence-electron chi connectivity index (χ4n) is 2.82. The van der Waals surface area contributed by atoms with Gasteiger partial charge in [-0.1, -0.05) is 59.1 Å². The van der Waals surface area contributed by atoms with Crippen LogP contribution in [0.5, 0.6) is 0 Å². The average molecular weight is 338 g/mol. The third-order valence-electron chi connectivity index (χ3n) is 4.09. The minimum Gasteiger partial charge on any atom is -0.356 e. The van der Waals surface area contributed by atoms with Gasteiger partial charge in [-0.3, -0.25) is 4.79 Å². The molecule has 0 aromatic heterocycles. The first-order valence-corrected chi connectivity index (χ1v) is 8.62. The lowest BCUT2D eigenvalue weighted by Gasteiger charge is -2.27. The normalized spacial score (nSPS) is 22.4. The van der Waals surface area contributed by atoms with Gasteiger partial charge in [-0.05, 0) is 37.2 Å². The van der Waals surface area contributed by atoms with Gasteiger partial charge in [0, 0.05) is 17.8 Å². The van der Waals surface area contributed by atoms with Crippen LogP contribution in [0.15, 0.2) is 30.3 Å². The number of carbonyl (C=O) groups excluding carboxylic acids is 1. The van der Waals surface area contributed by atoms with E-state index in [9.17, 15) is 4.79 Å². The molecule has 1 aromatic carbocycles. The van der Waals surface area contributed by atoms with Crippen molar-refractivity contribution in [3.63, 3.8) is 0 Å². The summed E-state index contributed by atoms with van der Waals surface area (Å²) < 4.78 is 0. The maximum absolute atomic E-state index is 11.9. The van der Waals surface area contributed by atoms with Crippen LogP contribution in [0.1, 0.15) is 44.1 Å². The summed E-state index contributed by atoms with van der Waals surface area (Å²) in [5, 5.41) is 3.10. The Kier molecular flexibility index (Phi) is 6.58. The van der Waals surface area contributed by atoms with Gasteiger partial charge < -0.3 is 5.32 Å². The van der Waals surface area contributed by atoms with E-state index in [-0.39, 0.29) is 5.91 Å². The van der Waals surface area contributed by atoms with Gasteiger partial charge in [0.1, 0.15) is 0 Å². The minimum atomic E-state index is 0.200. The Labute approximate surface area is 130 Å². The molecule has 0 aliphatic heterocycles. The SMILES string of the molecule is O=C(CCCc1ccccc1)NCC1CCCCC1Br. The monoisotopic (exact) mass is 337 g/mol. The summed E-state index contributed by atoms with van der Waals surface area (Å²) in [6.45, 7) is 0.833. The Bertz CT molecular complexity index is 407. The summed E-state index contributed by atoms with van der Waals surface area (Å²) in [5.74, 6) is 0.813. The molecule has 1 amide bonds. The van der Waals surface area contributed by atoms with Crippen molar-refractivity contribution >= 4 is 21.8 Å². The Morgan fingerprint density at radius 1 is 1.20 bits per heavy atom. The third kappa shape index (κ3) is 5.28. The zero-order valence-corrected chi connectivity index (χ0v) is 13.6. The van der Waals surface area contributed by atoms with E-state index >= 15 is 0 Å². The standard InChI is InChI=1S/C17H24BrNO/c18-16-11-5-4-10-15(16)13-19-17(20)12-6-9-14-7-2-1-3-8-14/h1-3,7-8,15-16H,4-6,9-13H2,(H,19,20). The number of rotatable bonds is 6. The molecule has 3 heteroatoms. The van der Waals surface area contributed by atoms with E-state index in [0.29, 0.717) is 17.2 Å². The molecule has 2 nitrogen and oxygen atoms in total. The van der Waals surface area contributed by atoms with E-state index in [1.54, 1.807) is 0 Å². The Morgan fingerprint density at radius 3 is 2.70 bits per heavy atom. The summed E-state index contributed by atoms with van der Waals surface area (Å²) in [4.78, 5) is 12.4. The van der Waals surface area contributed by atoms with Crippen LogP contribution in [0, 0.1) is 5.92 Å². The number of hydrogen-bond donors (Lipinski definition) is 1. The molecular formula is C17H24BrNO. The van der Waals surface area contributed by atoms with Crippen molar-refractivity contribution in [2.75, 3.05) is 6.54 Å². The van der Waals surface area contributed by atoms with E-state index in [4.69, 9.17) is 0 Å². The van der Waals surface area contributed by atoms with Gasteiger partial charge in [0.15, 0.2) is 0 Å². The predicted octanol–water partition coefficient (Wildman–Crippen LogP) is 4.08. The summed E-state index contributed by atoms with van der Waals surface area (Å²) in [6, 6.07) is 10.4. The molecule has 1 fully saturated rings. The molecule has 2 atom stereocenters. The van der Waals surface area contributed by atoms with Crippen LogP contribution in [-0.2, 0) is 11.2 Å². The second-order valence-corrected chi connectivity index (χ2v) is 6.88. The van der Waals surface area contributed by atoms with Crippen LogP contribution in [0.4, 0.5) is 0 Å². The number of carbonyl (C=O) groups is 1. The number of hydrogen-bond acceptors (Lipinski definition) is 1. The molecule has 1 saturated carbocycles. The Morgan fingerprint density at radius 2 is 1.95 bits per heavy atom. The maximum Gasteiger partial charge on any atom is 0.220 e. The van der Waals surface area contributed by atoms with Crippen molar-refractivity contribution in [1.82, 2.24) is 5.32 Å². The lowest BCUT2D eigenvalue weighted by molar-refractivity contribution is -0.121. The maximum atomic E-state index is 11.9. The number of alkyl halides is 1. The van der Waals surface area contributed by atoms with E-state index < -0.39 is 0 Å². The Hall–Kier alpha value is -0.830. The van der Waals surface area contributed by atoms with E-state index in [1.807, 2.05) is 6.07 Å². The van der Waals surface area contributed by atoms with E-state index in [0.717, 1.165) is 19.4 Å². The molecule has 1 aliphatic carbocycles. The number of nitrogens with one attached hydrogen (secondary N) is 1. The fourth-order valence-corrected chi connectivity index (χ4v) is 3.60. The highest BCUT2D eigenvalue weighted by Gasteiger charge is 2.22. The molecule has 1 aromatic rings. The van der Waals surface area contributed by atoms with Crippen molar-refractivity contribution in [2.24, 2.45) is 5.92 Å². The molecule has 0 saturated heterocycles. The topological polar surface area (TPSA) is 29.1 Å². The zero-order chi connectivity index (χ0) is 14.2. The predicted molar refractivity (Wildman–Crippen MR) is 87.1 cm³/mol. The minimum absolute atomic E-state index is 0.200. The van der Waals surface area contributed by atoms with Crippen molar-refractivity contribution in [2.45, 2.75) is 49.8 Å². The highest BCUT2D eigenvalue weighted by molar-refractivity contribution is 9.09. The van der Waals surface area contributed by atoms with Gasteiger partial charge in [0.25, 0.3) is 0 Å².